The van der Waals surface area contributed by atoms with Crippen LogP contribution in [0.15, 0.2) is 22.7 Å². The average Bonchev–Trinajstić information content (AvgIpc) is 2.83. The molecule has 2 heterocycles. The van der Waals surface area contributed by atoms with Crippen LogP contribution in [0.1, 0.15) is 30.1 Å². The van der Waals surface area contributed by atoms with Gasteiger partial charge in [0.25, 0.3) is 0 Å². The lowest BCUT2D eigenvalue weighted by Gasteiger charge is -2.15. The Bertz CT molecular complexity index is 591. The van der Waals surface area contributed by atoms with Crippen LogP contribution in [0.5, 0.6) is 0 Å². The van der Waals surface area contributed by atoms with Gasteiger partial charge in [-0.2, -0.15) is 0 Å². The molecule has 3 rings (SSSR count). The standard InChI is InChI=1S/C14H17BrN4/c1-10-5-6-11(15)8-12(10)16-9-14-18-17-13-4-2-3-7-19(13)14/h5-6,8,16H,2-4,7,9H2,1H3. The fourth-order valence-corrected chi connectivity index (χ4v) is 2.82. The average molecular weight is 321 g/mol. The van der Waals surface area contributed by atoms with Gasteiger partial charge in [0.05, 0.1) is 6.54 Å². The Morgan fingerprint density at radius 3 is 3.11 bits per heavy atom. The van der Waals surface area contributed by atoms with Gasteiger partial charge in [-0.25, -0.2) is 0 Å². The summed E-state index contributed by atoms with van der Waals surface area (Å²) in [6.07, 6.45) is 3.52. The molecule has 0 saturated carbocycles. The van der Waals surface area contributed by atoms with Gasteiger partial charge >= 0.3 is 0 Å². The number of halogens is 1. The smallest absolute Gasteiger partial charge is 0.152 e. The number of hydrogen-bond donors (Lipinski definition) is 1. The van der Waals surface area contributed by atoms with E-state index in [4.69, 9.17) is 0 Å². The highest BCUT2D eigenvalue weighted by Gasteiger charge is 2.15. The van der Waals surface area contributed by atoms with Gasteiger partial charge in [0.1, 0.15) is 5.82 Å². The van der Waals surface area contributed by atoms with Gasteiger partial charge in [0, 0.05) is 23.1 Å². The second kappa shape index (κ2) is 5.33. The van der Waals surface area contributed by atoms with Crippen LogP contribution in [-0.2, 0) is 19.5 Å². The number of benzene rings is 1. The molecule has 0 radical (unpaired) electrons. The highest BCUT2D eigenvalue weighted by molar-refractivity contribution is 9.10. The Labute approximate surface area is 121 Å². The molecule has 1 aromatic heterocycles. The second-order valence-electron chi connectivity index (χ2n) is 4.95. The van der Waals surface area contributed by atoms with Crippen LogP contribution in [-0.4, -0.2) is 14.8 Å². The first kappa shape index (κ1) is 12.7. The topological polar surface area (TPSA) is 42.7 Å². The van der Waals surface area contributed by atoms with E-state index in [9.17, 15) is 0 Å². The number of anilines is 1. The van der Waals surface area contributed by atoms with E-state index in [1.165, 1.54) is 18.4 Å². The SMILES string of the molecule is Cc1ccc(Br)cc1NCc1nnc2n1CCCC2. The van der Waals surface area contributed by atoms with E-state index in [0.717, 1.165) is 41.3 Å². The number of rotatable bonds is 3. The van der Waals surface area contributed by atoms with Crippen molar-refractivity contribution in [2.24, 2.45) is 0 Å². The highest BCUT2D eigenvalue weighted by Crippen LogP contribution is 2.21. The number of aryl methyl sites for hydroxylation is 2. The number of fused-ring (bicyclic) bond motifs is 1. The van der Waals surface area contributed by atoms with Crippen molar-refractivity contribution in [3.63, 3.8) is 0 Å². The summed E-state index contributed by atoms with van der Waals surface area (Å²) in [4.78, 5) is 0. The van der Waals surface area contributed by atoms with E-state index in [1.54, 1.807) is 0 Å². The zero-order valence-electron chi connectivity index (χ0n) is 11.0. The maximum Gasteiger partial charge on any atom is 0.152 e. The zero-order valence-corrected chi connectivity index (χ0v) is 12.6. The summed E-state index contributed by atoms with van der Waals surface area (Å²) >= 11 is 3.50. The Balaban J connectivity index is 1.75. The number of nitrogens with one attached hydrogen (secondary N) is 1. The summed E-state index contributed by atoms with van der Waals surface area (Å²) in [5.41, 5.74) is 2.38. The lowest BCUT2D eigenvalue weighted by atomic mass is 10.1. The van der Waals surface area contributed by atoms with E-state index < -0.39 is 0 Å². The molecule has 19 heavy (non-hydrogen) atoms. The van der Waals surface area contributed by atoms with E-state index >= 15 is 0 Å². The lowest BCUT2D eigenvalue weighted by molar-refractivity contribution is 0.510. The third kappa shape index (κ3) is 2.66. The van der Waals surface area contributed by atoms with Gasteiger partial charge in [-0.1, -0.05) is 22.0 Å². The molecular weight excluding hydrogens is 304 g/mol. The number of nitrogens with zero attached hydrogens (tertiary/aromatic N) is 3. The minimum Gasteiger partial charge on any atom is -0.377 e. The van der Waals surface area contributed by atoms with Gasteiger partial charge in [-0.3, -0.25) is 0 Å². The van der Waals surface area contributed by atoms with Gasteiger partial charge < -0.3 is 9.88 Å². The predicted octanol–water partition coefficient (Wildman–Crippen LogP) is 3.30. The van der Waals surface area contributed by atoms with Crippen LogP contribution in [0.3, 0.4) is 0 Å². The maximum absolute atomic E-state index is 4.30. The summed E-state index contributed by atoms with van der Waals surface area (Å²) < 4.78 is 3.34. The molecule has 1 aliphatic rings. The quantitative estimate of drug-likeness (QED) is 0.943. The molecule has 2 aromatic rings. The molecular formula is C14H17BrN4. The molecule has 1 N–H and O–H groups in total. The molecule has 1 aromatic carbocycles. The summed E-state index contributed by atoms with van der Waals surface area (Å²) in [6, 6.07) is 6.26. The fraction of sp³-hybridized carbons (Fsp3) is 0.429. The molecule has 100 valence electrons. The van der Waals surface area contributed by atoms with Crippen LogP contribution < -0.4 is 5.32 Å². The van der Waals surface area contributed by atoms with E-state index in [-0.39, 0.29) is 0 Å². The Morgan fingerprint density at radius 2 is 2.21 bits per heavy atom. The fourth-order valence-electron chi connectivity index (χ4n) is 2.46. The molecule has 0 aliphatic carbocycles. The largest absolute Gasteiger partial charge is 0.377 e. The Hall–Kier alpha value is -1.36. The molecule has 5 heteroatoms. The first-order valence-electron chi connectivity index (χ1n) is 6.65. The van der Waals surface area contributed by atoms with Crippen LogP contribution in [0.4, 0.5) is 5.69 Å². The van der Waals surface area contributed by atoms with Crippen molar-refractivity contribution in [3.8, 4) is 0 Å². The summed E-state index contributed by atoms with van der Waals surface area (Å²) in [7, 11) is 0. The van der Waals surface area contributed by atoms with Crippen molar-refractivity contribution in [3.05, 3.63) is 39.9 Å². The summed E-state index contributed by atoms with van der Waals surface area (Å²) in [5, 5.41) is 12.0. The Morgan fingerprint density at radius 1 is 1.32 bits per heavy atom. The first-order valence-corrected chi connectivity index (χ1v) is 7.44. The zero-order chi connectivity index (χ0) is 13.2. The van der Waals surface area contributed by atoms with Gasteiger partial charge in [-0.15, -0.1) is 10.2 Å². The monoisotopic (exact) mass is 320 g/mol. The van der Waals surface area contributed by atoms with Crippen LogP contribution >= 0.6 is 15.9 Å². The number of aromatic nitrogens is 3. The predicted molar refractivity (Wildman–Crippen MR) is 79.2 cm³/mol. The Kier molecular flexibility index (Phi) is 3.55. The van der Waals surface area contributed by atoms with Crippen molar-refractivity contribution in [1.82, 2.24) is 14.8 Å². The van der Waals surface area contributed by atoms with E-state index in [0.29, 0.717) is 0 Å². The minimum absolute atomic E-state index is 0.726. The van der Waals surface area contributed by atoms with Crippen molar-refractivity contribution in [2.45, 2.75) is 39.3 Å². The van der Waals surface area contributed by atoms with Crippen LogP contribution in [0, 0.1) is 6.92 Å². The first-order chi connectivity index (χ1) is 9.24. The molecule has 0 unspecified atom stereocenters. The third-order valence-electron chi connectivity index (χ3n) is 3.57. The number of hydrogen-bond acceptors (Lipinski definition) is 3. The molecule has 0 spiro atoms. The second-order valence-corrected chi connectivity index (χ2v) is 5.87. The molecule has 4 nitrogen and oxygen atoms in total. The van der Waals surface area contributed by atoms with E-state index in [2.05, 4.69) is 61.1 Å². The van der Waals surface area contributed by atoms with Gasteiger partial charge in [0.2, 0.25) is 0 Å². The van der Waals surface area contributed by atoms with E-state index in [1.807, 2.05) is 0 Å². The molecule has 1 aliphatic heterocycles. The minimum atomic E-state index is 0.726. The van der Waals surface area contributed by atoms with Crippen molar-refractivity contribution in [1.29, 1.82) is 0 Å². The molecule has 0 saturated heterocycles. The lowest BCUT2D eigenvalue weighted by Crippen LogP contribution is -2.15. The van der Waals surface area contributed by atoms with Gasteiger partial charge in [-0.05, 0) is 37.5 Å². The molecule has 0 bridgehead atoms. The van der Waals surface area contributed by atoms with Crippen molar-refractivity contribution in [2.75, 3.05) is 5.32 Å². The maximum atomic E-state index is 4.30. The van der Waals surface area contributed by atoms with Crippen molar-refractivity contribution < 1.29 is 0 Å². The van der Waals surface area contributed by atoms with Crippen LogP contribution in [0.25, 0.3) is 0 Å². The normalized spacial score (nSPS) is 14.2. The third-order valence-corrected chi connectivity index (χ3v) is 4.07. The highest BCUT2D eigenvalue weighted by atomic mass is 79.9. The van der Waals surface area contributed by atoms with Crippen molar-refractivity contribution >= 4 is 21.6 Å². The molecule has 0 atom stereocenters. The van der Waals surface area contributed by atoms with Crippen LogP contribution in [0.2, 0.25) is 0 Å². The molecule has 0 amide bonds. The van der Waals surface area contributed by atoms with Gasteiger partial charge in [0.15, 0.2) is 5.82 Å². The summed E-state index contributed by atoms with van der Waals surface area (Å²) in [5.74, 6) is 2.17. The summed E-state index contributed by atoms with van der Waals surface area (Å²) in [6.45, 7) is 3.88. The molecule has 0 fully saturated rings.